The van der Waals surface area contributed by atoms with Gasteiger partial charge in [0, 0.05) is 37.9 Å². The Morgan fingerprint density at radius 3 is 2.06 bits per heavy atom. The fourth-order valence-electron chi connectivity index (χ4n) is 13.4. The molecule has 8 rings (SSSR count). The van der Waals surface area contributed by atoms with E-state index in [1.807, 2.05) is 0 Å². The number of cyclic esters (lactones) is 1. The van der Waals surface area contributed by atoms with Gasteiger partial charge in [0.25, 0.3) is 0 Å². The van der Waals surface area contributed by atoms with Gasteiger partial charge in [-0.2, -0.15) is 0 Å². The SMILES string of the molecule is CO[C@H]1[C@@H](O)[C@H](O[C@H]2CC[C@]3(C)C4CC[C@]5(C)[C@@H](C6=CC(=O)OC6)[C@@H](OC(C)=O)C[C@@]5(O)C4CC[C@@H]3C2)O[C@@H](C)[C@@H]1O[C@@H]1O[C@H](CO)[C@@H](O[C@@H]2O[C@H](CO)[C@@H](O)[C@H](O)[C@H]2O)[C@H](O)[C@H]1O. The van der Waals surface area contributed by atoms with Crippen LogP contribution in [-0.2, 0) is 52.2 Å². The predicted molar refractivity (Wildman–Crippen MR) is 214 cm³/mol. The quantitative estimate of drug-likeness (QED) is 0.0825. The van der Waals surface area contributed by atoms with Crippen molar-refractivity contribution in [3.05, 3.63) is 11.6 Å². The van der Waals surface area contributed by atoms with Crippen LogP contribution in [0.3, 0.4) is 0 Å². The molecule has 4 heterocycles. The Morgan fingerprint density at radius 1 is 0.766 bits per heavy atom. The molecule has 0 bridgehead atoms. The maximum atomic E-state index is 12.9. The molecule has 0 aromatic carbocycles. The van der Waals surface area contributed by atoms with Gasteiger partial charge in [-0.25, -0.2) is 4.79 Å². The third-order valence-corrected chi connectivity index (χ3v) is 16.8. The number of hydrogen-bond donors (Lipinski definition) is 9. The number of aliphatic hydroxyl groups is 9. The second-order valence-corrected chi connectivity index (χ2v) is 20.1. The lowest BCUT2D eigenvalue weighted by Crippen LogP contribution is -2.66. The van der Waals surface area contributed by atoms with Gasteiger partial charge in [-0.3, -0.25) is 4.79 Å². The molecule has 4 aliphatic carbocycles. The highest BCUT2D eigenvalue weighted by Gasteiger charge is 2.71. The van der Waals surface area contributed by atoms with Crippen molar-refractivity contribution >= 4 is 11.9 Å². The zero-order valence-corrected chi connectivity index (χ0v) is 37.0. The number of rotatable bonds is 11. The van der Waals surface area contributed by atoms with Gasteiger partial charge in [0.2, 0.25) is 0 Å². The van der Waals surface area contributed by atoms with Crippen LogP contribution in [0.1, 0.15) is 79.1 Å². The van der Waals surface area contributed by atoms with E-state index in [2.05, 4.69) is 13.8 Å². The number of fused-ring (bicyclic) bond motifs is 5. The molecule has 20 heteroatoms. The van der Waals surface area contributed by atoms with Gasteiger partial charge in [-0.05, 0) is 80.6 Å². The molecular formula is C44H68O20. The maximum absolute atomic E-state index is 12.9. The second-order valence-electron chi connectivity index (χ2n) is 20.1. The van der Waals surface area contributed by atoms with Crippen LogP contribution in [0.4, 0.5) is 0 Å². The number of aliphatic hydroxyl groups excluding tert-OH is 8. The zero-order valence-electron chi connectivity index (χ0n) is 37.0. The van der Waals surface area contributed by atoms with E-state index in [9.17, 15) is 55.5 Å². The van der Waals surface area contributed by atoms with Gasteiger partial charge in [-0.15, -0.1) is 0 Å². The van der Waals surface area contributed by atoms with Crippen molar-refractivity contribution in [3.63, 3.8) is 0 Å². The lowest BCUT2D eigenvalue weighted by atomic mass is 9.43. The summed E-state index contributed by atoms with van der Waals surface area (Å²) in [4.78, 5) is 24.5. The van der Waals surface area contributed by atoms with E-state index < -0.39 is 134 Å². The lowest BCUT2D eigenvalue weighted by Gasteiger charge is -2.63. The van der Waals surface area contributed by atoms with E-state index in [0.717, 1.165) is 31.3 Å². The topological polar surface area (TPSA) is 299 Å². The Morgan fingerprint density at radius 2 is 1.42 bits per heavy atom. The Bertz CT molecular complexity index is 1710. The van der Waals surface area contributed by atoms with Crippen molar-refractivity contribution in [2.24, 2.45) is 34.5 Å². The normalized spacial score (nSPS) is 52.8. The Balaban J connectivity index is 0.894. The molecule has 20 nitrogen and oxygen atoms in total. The molecule has 0 aromatic heterocycles. The number of carbonyl (C=O) groups is 2. The van der Waals surface area contributed by atoms with E-state index in [4.69, 9.17) is 42.6 Å². The molecule has 364 valence electrons. The number of methoxy groups -OCH3 is 1. The molecule has 8 aliphatic rings. The van der Waals surface area contributed by atoms with Crippen LogP contribution in [0.25, 0.3) is 0 Å². The van der Waals surface area contributed by atoms with E-state index >= 15 is 0 Å². The molecule has 0 radical (unpaired) electrons. The minimum atomic E-state index is -1.82. The van der Waals surface area contributed by atoms with Gasteiger partial charge < -0.3 is 88.6 Å². The van der Waals surface area contributed by atoms with Gasteiger partial charge in [-0.1, -0.05) is 13.8 Å². The smallest absolute Gasteiger partial charge is 0.331 e. The summed E-state index contributed by atoms with van der Waals surface area (Å²) in [6.45, 7) is 6.09. The lowest BCUT2D eigenvalue weighted by molar-refractivity contribution is -0.380. The first-order valence-corrected chi connectivity index (χ1v) is 22.8. The van der Waals surface area contributed by atoms with Gasteiger partial charge in [0.15, 0.2) is 18.9 Å². The largest absolute Gasteiger partial charge is 0.462 e. The fourth-order valence-corrected chi connectivity index (χ4v) is 13.4. The molecule has 0 aromatic rings. The summed E-state index contributed by atoms with van der Waals surface area (Å²) in [6.07, 6.45) is -15.5. The second kappa shape index (κ2) is 18.5. The average Bonchev–Trinajstić information content (AvgIpc) is 3.77. The van der Waals surface area contributed by atoms with E-state index in [-0.39, 0.29) is 41.8 Å². The Labute approximate surface area is 371 Å². The molecule has 0 spiro atoms. The Hall–Kier alpha value is -1.96. The highest BCUT2D eigenvalue weighted by Crippen LogP contribution is 2.70. The molecule has 7 fully saturated rings. The third-order valence-electron chi connectivity index (χ3n) is 16.8. The maximum Gasteiger partial charge on any atom is 0.331 e. The zero-order chi connectivity index (χ0) is 46.2. The monoisotopic (exact) mass is 916 g/mol. The van der Waals surface area contributed by atoms with Crippen molar-refractivity contribution in [1.29, 1.82) is 0 Å². The van der Waals surface area contributed by atoms with Crippen LogP contribution in [0, 0.1) is 34.5 Å². The predicted octanol–water partition coefficient (Wildman–Crippen LogP) is -1.70. The van der Waals surface area contributed by atoms with Crippen LogP contribution >= 0.6 is 0 Å². The van der Waals surface area contributed by atoms with Crippen molar-refractivity contribution in [2.45, 2.75) is 189 Å². The number of ether oxygens (including phenoxy) is 9. The van der Waals surface area contributed by atoms with Crippen molar-refractivity contribution < 1.29 is 98.2 Å². The number of esters is 2. The van der Waals surface area contributed by atoms with Crippen LogP contribution in [0.2, 0.25) is 0 Å². The highest BCUT2D eigenvalue weighted by molar-refractivity contribution is 5.85. The summed E-state index contributed by atoms with van der Waals surface area (Å²) in [7, 11) is 1.37. The standard InChI is InChI=1S/C44H68O20/c1-18-36(63-40-34(53)32(51)37(27(16-46)62-40)64-39-33(52)31(50)30(49)26(15-45)61-39)38(56-5)35(54)41(58-18)60-22-8-10-42(3)21(13-22)6-7-24-23(42)9-11-43(4)29(20-12-28(48)57-17-20)25(59-19(2)47)14-44(24,43)55/h12,18,21-27,29-41,45-46,49-55H,6-11,13-17H2,1-5H3/t18-,21+,22-,23?,24?,25-,26+,27+,29-,30+,31-,32+,33+,34+,35+,36-,37+,38-,39-,40-,41-,42-,43+,44+/m0/s1. The summed E-state index contributed by atoms with van der Waals surface area (Å²) in [5.74, 6) is -0.779. The first kappa shape index (κ1) is 48.5. The van der Waals surface area contributed by atoms with Crippen LogP contribution in [0.15, 0.2) is 11.6 Å². The molecule has 4 saturated carbocycles. The van der Waals surface area contributed by atoms with Crippen molar-refractivity contribution in [1.82, 2.24) is 0 Å². The third kappa shape index (κ3) is 8.17. The molecule has 24 atom stereocenters. The van der Waals surface area contributed by atoms with Crippen LogP contribution in [0.5, 0.6) is 0 Å². The van der Waals surface area contributed by atoms with Gasteiger partial charge >= 0.3 is 11.9 Å². The molecule has 4 aliphatic heterocycles. The summed E-state index contributed by atoms with van der Waals surface area (Å²) < 4.78 is 52.7. The fraction of sp³-hybridized carbons (Fsp3) is 0.909. The van der Waals surface area contributed by atoms with Gasteiger partial charge in [0.1, 0.15) is 79.9 Å². The minimum absolute atomic E-state index is 0.0447. The summed E-state index contributed by atoms with van der Waals surface area (Å²) >= 11 is 0. The van der Waals surface area contributed by atoms with Crippen molar-refractivity contribution in [2.75, 3.05) is 26.9 Å². The minimum Gasteiger partial charge on any atom is -0.462 e. The Kier molecular flexibility index (Phi) is 14.0. The van der Waals surface area contributed by atoms with Crippen LogP contribution in [-0.4, -0.2) is 195 Å². The summed E-state index contributed by atoms with van der Waals surface area (Å²) in [5.41, 5.74) is -1.11. The molecule has 64 heavy (non-hydrogen) atoms. The van der Waals surface area contributed by atoms with E-state index in [1.54, 1.807) is 6.92 Å². The first-order chi connectivity index (χ1) is 30.3. The summed E-state index contributed by atoms with van der Waals surface area (Å²) in [6, 6.07) is 0. The molecule has 0 amide bonds. The number of carbonyl (C=O) groups excluding carboxylic acids is 2. The number of hydrogen-bond acceptors (Lipinski definition) is 20. The molecular weight excluding hydrogens is 848 g/mol. The van der Waals surface area contributed by atoms with E-state index in [0.29, 0.717) is 25.7 Å². The molecule has 9 N–H and O–H groups in total. The average molecular weight is 917 g/mol. The van der Waals surface area contributed by atoms with Gasteiger partial charge in [0.05, 0.1) is 31.0 Å². The molecule has 2 unspecified atom stereocenters. The highest BCUT2D eigenvalue weighted by atomic mass is 16.8. The van der Waals surface area contributed by atoms with Crippen molar-refractivity contribution in [3.8, 4) is 0 Å². The van der Waals surface area contributed by atoms with Crippen LogP contribution < -0.4 is 0 Å². The first-order valence-electron chi connectivity index (χ1n) is 22.8. The molecule has 3 saturated heterocycles. The van der Waals surface area contributed by atoms with E-state index in [1.165, 1.54) is 20.1 Å². The summed E-state index contributed by atoms with van der Waals surface area (Å²) in [5, 5.41) is 97.5.